The number of amides is 1. The zero-order chi connectivity index (χ0) is 16.6. The second-order valence-corrected chi connectivity index (χ2v) is 6.35. The number of nitrogens with one attached hydrogen (secondary N) is 1. The van der Waals surface area contributed by atoms with Crippen molar-refractivity contribution in [2.75, 3.05) is 19.8 Å². The zero-order valence-electron chi connectivity index (χ0n) is 13.3. The Balaban J connectivity index is 1.38. The third-order valence-electron chi connectivity index (χ3n) is 3.59. The fraction of sp³-hybridized carbons (Fsp3) is 0.500. The summed E-state index contributed by atoms with van der Waals surface area (Å²) in [6.07, 6.45) is 6.76. The lowest BCUT2D eigenvalue weighted by atomic mass is 10.1. The maximum absolute atomic E-state index is 11.8. The number of hydrogen-bond acceptors (Lipinski definition) is 7. The predicted molar refractivity (Wildman–Crippen MR) is 89.4 cm³/mol. The summed E-state index contributed by atoms with van der Waals surface area (Å²) in [6.45, 7) is 1.67. The molecule has 3 rings (SSSR count). The van der Waals surface area contributed by atoms with Crippen molar-refractivity contribution in [1.82, 2.24) is 20.3 Å². The molecular weight excluding hydrogens is 328 g/mol. The molecule has 1 atom stereocenters. The number of carbonyl (C=O) groups excluding carboxylic acids is 1. The lowest BCUT2D eigenvalue weighted by Crippen LogP contribution is -2.30. The van der Waals surface area contributed by atoms with Crippen LogP contribution in [0.5, 0.6) is 0 Å². The summed E-state index contributed by atoms with van der Waals surface area (Å²) in [5.41, 5.74) is 0.784. The molecule has 0 unspecified atom stereocenters. The van der Waals surface area contributed by atoms with Crippen LogP contribution in [0.4, 0.5) is 0 Å². The van der Waals surface area contributed by atoms with Crippen LogP contribution in [0.25, 0.3) is 10.8 Å². The first-order valence-corrected chi connectivity index (χ1v) is 8.87. The van der Waals surface area contributed by atoms with Gasteiger partial charge in [-0.15, -0.1) is 11.3 Å². The summed E-state index contributed by atoms with van der Waals surface area (Å²) >= 11 is 1.46. The van der Waals surface area contributed by atoms with E-state index in [4.69, 9.17) is 9.47 Å². The van der Waals surface area contributed by atoms with Gasteiger partial charge in [-0.2, -0.15) is 0 Å². The summed E-state index contributed by atoms with van der Waals surface area (Å²) in [5, 5.41) is 5.43. The molecular formula is C16H20N4O3S. The molecule has 7 nitrogen and oxygen atoms in total. The van der Waals surface area contributed by atoms with Crippen molar-refractivity contribution in [3.8, 4) is 10.8 Å². The first kappa shape index (κ1) is 16.9. The molecule has 2 aromatic rings. The average molecular weight is 348 g/mol. The first-order chi connectivity index (χ1) is 11.8. The minimum atomic E-state index is -0.156. The third kappa shape index (κ3) is 5.05. The van der Waals surface area contributed by atoms with Crippen molar-refractivity contribution in [1.29, 1.82) is 0 Å². The molecule has 24 heavy (non-hydrogen) atoms. The van der Waals surface area contributed by atoms with Crippen molar-refractivity contribution in [3.63, 3.8) is 0 Å². The largest absolute Gasteiger partial charge is 0.376 e. The normalized spacial score (nSPS) is 17.6. The van der Waals surface area contributed by atoms with E-state index in [1.807, 2.05) is 5.38 Å². The highest BCUT2D eigenvalue weighted by molar-refractivity contribution is 7.13. The quantitative estimate of drug-likeness (QED) is 0.821. The third-order valence-corrected chi connectivity index (χ3v) is 4.47. The zero-order valence-corrected chi connectivity index (χ0v) is 14.1. The van der Waals surface area contributed by atoms with Crippen LogP contribution in [0, 0.1) is 0 Å². The van der Waals surface area contributed by atoms with Gasteiger partial charge < -0.3 is 14.8 Å². The molecule has 0 aromatic carbocycles. The molecule has 128 valence electrons. The molecule has 1 aliphatic rings. The molecule has 3 heterocycles. The number of aromatic nitrogens is 3. The van der Waals surface area contributed by atoms with Gasteiger partial charge in [0, 0.05) is 24.4 Å². The Morgan fingerprint density at radius 1 is 1.38 bits per heavy atom. The SMILES string of the molecule is O=C(COC[C@@H]1CCCCO1)NCc1csc(-c2ncccn2)n1. The second-order valence-electron chi connectivity index (χ2n) is 5.50. The maximum atomic E-state index is 11.8. The predicted octanol–water partition coefficient (Wildman–Crippen LogP) is 1.80. The first-order valence-electron chi connectivity index (χ1n) is 7.99. The Labute approximate surface area is 144 Å². The van der Waals surface area contributed by atoms with Crippen molar-refractivity contribution < 1.29 is 14.3 Å². The Morgan fingerprint density at radius 3 is 3.04 bits per heavy atom. The molecule has 0 spiro atoms. The van der Waals surface area contributed by atoms with E-state index in [1.165, 1.54) is 11.3 Å². The van der Waals surface area contributed by atoms with Crippen LogP contribution < -0.4 is 5.32 Å². The van der Waals surface area contributed by atoms with E-state index in [0.29, 0.717) is 19.0 Å². The van der Waals surface area contributed by atoms with Gasteiger partial charge in [-0.1, -0.05) is 0 Å². The monoisotopic (exact) mass is 348 g/mol. The number of carbonyl (C=O) groups is 1. The number of nitrogens with zero attached hydrogens (tertiary/aromatic N) is 3. The van der Waals surface area contributed by atoms with Crippen LogP contribution in [0.15, 0.2) is 23.8 Å². The smallest absolute Gasteiger partial charge is 0.246 e. The van der Waals surface area contributed by atoms with Crippen molar-refractivity contribution in [2.24, 2.45) is 0 Å². The minimum absolute atomic E-state index is 0.0403. The molecule has 1 aliphatic heterocycles. The summed E-state index contributed by atoms with van der Waals surface area (Å²) in [5.74, 6) is 0.437. The van der Waals surface area contributed by atoms with E-state index in [9.17, 15) is 4.79 Å². The number of hydrogen-bond donors (Lipinski definition) is 1. The summed E-state index contributed by atoms with van der Waals surface area (Å²) in [4.78, 5) is 24.6. The van der Waals surface area contributed by atoms with E-state index < -0.39 is 0 Å². The Bertz CT molecular complexity index is 644. The van der Waals surface area contributed by atoms with Crippen LogP contribution in [-0.2, 0) is 20.8 Å². The molecule has 1 saturated heterocycles. The van der Waals surface area contributed by atoms with Crippen molar-refractivity contribution >= 4 is 17.2 Å². The van der Waals surface area contributed by atoms with Crippen LogP contribution in [0.1, 0.15) is 25.0 Å². The topological polar surface area (TPSA) is 86.2 Å². The molecule has 1 amide bonds. The maximum Gasteiger partial charge on any atom is 0.246 e. The average Bonchev–Trinajstić information content (AvgIpc) is 3.11. The van der Waals surface area contributed by atoms with Gasteiger partial charge in [0.25, 0.3) is 0 Å². The highest BCUT2D eigenvalue weighted by atomic mass is 32.1. The molecule has 8 heteroatoms. The molecule has 1 fully saturated rings. The molecule has 0 aliphatic carbocycles. The lowest BCUT2D eigenvalue weighted by Gasteiger charge is -2.22. The summed E-state index contributed by atoms with van der Waals surface area (Å²) in [6, 6.07) is 1.76. The summed E-state index contributed by atoms with van der Waals surface area (Å²) < 4.78 is 11.0. The fourth-order valence-electron chi connectivity index (χ4n) is 2.36. The van der Waals surface area contributed by atoms with E-state index in [0.717, 1.165) is 36.6 Å². The molecule has 0 radical (unpaired) electrons. The van der Waals surface area contributed by atoms with Gasteiger partial charge >= 0.3 is 0 Å². The summed E-state index contributed by atoms with van der Waals surface area (Å²) in [7, 11) is 0. The molecule has 2 aromatic heterocycles. The van der Waals surface area contributed by atoms with Gasteiger partial charge in [0.1, 0.15) is 6.61 Å². The van der Waals surface area contributed by atoms with Gasteiger partial charge in [0.2, 0.25) is 5.91 Å². The van der Waals surface area contributed by atoms with Gasteiger partial charge in [0.15, 0.2) is 10.8 Å². The molecule has 0 saturated carbocycles. The number of ether oxygens (including phenoxy) is 2. The van der Waals surface area contributed by atoms with Crippen molar-refractivity contribution in [3.05, 3.63) is 29.5 Å². The number of thiazole rings is 1. The standard InChI is InChI=1S/C16H20N4O3S/c21-14(10-22-9-13-4-1-2-7-23-13)19-8-12-11-24-16(20-12)15-17-5-3-6-18-15/h3,5-6,11,13H,1-2,4,7-10H2,(H,19,21)/t13-/m0/s1. The van der Waals surface area contributed by atoms with Gasteiger partial charge in [0.05, 0.1) is 24.9 Å². The van der Waals surface area contributed by atoms with E-state index in [1.54, 1.807) is 18.5 Å². The Hall–Kier alpha value is -1.90. The Morgan fingerprint density at radius 2 is 2.25 bits per heavy atom. The van der Waals surface area contributed by atoms with E-state index in [2.05, 4.69) is 20.3 Å². The molecule has 0 bridgehead atoms. The number of rotatable bonds is 7. The van der Waals surface area contributed by atoms with E-state index >= 15 is 0 Å². The highest BCUT2D eigenvalue weighted by Crippen LogP contribution is 2.19. The molecule has 1 N–H and O–H groups in total. The highest BCUT2D eigenvalue weighted by Gasteiger charge is 2.14. The van der Waals surface area contributed by atoms with Gasteiger partial charge in [-0.25, -0.2) is 15.0 Å². The van der Waals surface area contributed by atoms with Gasteiger partial charge in [-0.3, -0.25) is 4.79 Å². The fourth-order valence-corrected chi connectivity index (χ4v) is 3.13. The van der Waals surface area contributed by atoms with Gasteiger partial charge in [-0.05, 0) is 25.3 Å². The van der Waals surface area contributed by atoms with Crippen molar-refractivity contribution in [2.45, 2.75) is 31.9 Å². The van der Waals surface area contributed by atoms with Crippen LogP contribution >= 0.6 is 11.3 Å². The Kier molecular flexibility index (Phi) is 6.22. The van der Waals surface area contributed by atoms with Crippen LogP contribution in [0.3, 0.4) is 0 Å². The second kappa shape index (κ2) is 8.81. The van der Waals surface area contributed by atoms with E-state index in [-0.39, 0.29) is 18.6 Å². The van der Waals surface area contributed by atoms with Crippen LogP contribution in [0.2, 0.25) is 0 Å². The lowest BCUT2D eigenvalue weighted by molar-refractivity contribution is -0.128. The van der Waals surface area contributed by atoms with Crippen LogP contribution in [-0.4, -0.2) is 46.8 Å². The minimum Gasteiger partial charge on any atom is -0.376 e.